The van der Waals surface area contributed by atoms with E-state index in [-0.39, 0.29) is 22.8 Å². The van der Waals surface area contributed by atoms with E-state index in [2.05, 4.69) is 4.98 Å². The van der Waals surface area contributed by atoms with Crippen LogP contribution in [0.2, 0.25) is 5.02 Å². The predicted octanol–water partition coefficient (Wildman–Crippen LogP) is 3.67. The van der Waals surface area contributed by atoms with Crippen molar-refractivity contribution in [2.75, 3.05) is 0 Å². The van der Waals surface area contributed by atoms with Crippen molar-refractivity contribution >= 4 is 28.7 Å². The number of halogens is 2. The Balaban J connectivity index is 2.24. The summed E-state index contributed by atoms with van der Waals surface area (Å²) in [4.78, 5) is 16.4. The highest BCUT2D eigenvalue weighted by Crippen LogP contribution is 2.22. The SMILES string of the molecule is Cc1ncc(C(=O)Cc2c(F)cccc2Cl)s1. The number of Topliss-reactive ketones (excluding diaryl/α,β-unsaturated/α-hetero) is 1. The number of benzene rings is 1. The largest absolute Gasteiger partial charge is 0.293 e. The van der Waals surface area contributed by atoms with Gasteiger partial charge in [0, 0.05) is 23.2 Å². The molecule has 1 heterocycles. The van der Waals surface area contributed by atoms with Gasteiger partial charge in [-0.2, -0.15) is 0 Å². The van der Waals surface area contributed by atoms with Gasteiger partial charge in [0.1, 0.15) is 5.82 Å². The maximum absolute atomic E-state index is 13.5. The molecule has 0 saturated carbocycles. The van der Waals surface area contributed by atoms with Crippen LogP contribution < -0.4 is 0 Å². The van der Waals surface area contributed by atoms with Crippen molar-refractivity contribution in [3.63, 3.8) is 0 Å². The standard InChI is InChI=1S/C12H9ClFNOS/c1-7-15-6-12(17-7)11(16)5-8-9(13)3-2-4-10(8)14/h2-4,6H,5H2,1H3. The van der Waals surface area contributed by atoms with Gasteiger partial charge in [-0.15, -0.1) is 11.3 Å². The molecule has 0 unspecified atom stereocenters. The van der Waals surface area contributed by atoms with E-state index < -0.39 is 5.82 Å². The van der Waals surface area contributed by atoms with E-state index in [1.807, 2.05) is 6.92 Å². The number of carbonyl (C=O) groups is 1. The third-order valence-electron chi connectivity index (χ3n) is 2.30. The number of thiazole rings is 1. The lowest BCUT2D eigenvalue weighted by Gasteiger charge is -2.03. The van der Waals surface area contributed by atoms with Crippen LogP contribution in [0.4, 0.5) is 4.39 Å². The normalized spacial score (nSPS) is 10.5. The first-order valence-corrected chi connectivity index (χ1v) is 6.16. The maximum atomic E-state index is 13.5. The molecule has 0 saturated heterocycles. The smallest absolute Gasteiger partial charge is 0.178 e. The van der Waals surface area contributed by atoms with Crippen molar-refractivity contribution in [1.29, 1.82) is 0 Å². The van der Waals surface area contributed by atoms with Crippen molar-refractivity contribution in [2.24, 2.45) is 0 Å². The number of aromatic nitrogens is 1. The first kappa shape index (κ1) is 12.2. The Morgan fingerprint density at radius 2 is 2.29 bits per heavy atom. The lowest BCUT2D eigenvalue weighted by molar-refractivity contribution is 0.0995. The van der Waals surface area contributed by atoms with Crippen LogP contribution in [-0.2, 0) is 6.42 Å². The molecule has 0 aliphatic carbocycles. The van der Waals surface area contributed by atoms with Gasteiger partial charge in [-0.05, 0) is 19.1 Å². The van der Waals surface area contributed by atoms with Crippen LogP contribution in [0, 0.1) is 12.7 Å². The summed E-state index contributed by atoms with van der Waals surface area (Å²) in [5, 5.41) is 1.09. The van der Waals surface area contributed by atoms with Crippen molar-refractivity contribution in [1.82, 2.24) is 4.98 Å². The number of rotatable bonds is 3. The van der Waals surface area contributed by atoms with E-state index >= 15 is 0 Å². The number of carbonyl (C=O) groups excluding carboxylic acids is 1. The molecule has 0 spiro atoms. The average molecular weight is 270 g/mol. The second-order valence-electron chi connectivity index (χ2n) is 3.54. The number of hydrogen-bond acceptors (Lipinski definition) is 3. The summed E-state index contributed by atoms with van der Waals surface area (Å²) in [7, 11) is 0. The van der Waals surface area contributed by atoms with Crippen LogP contribution in [-0.4, -0.2) is 10.8 Å². The number of ketones is 1. The summed E-state index contributed by atoms with van der Waals surface area (Å²) in [6.07, 6.45) is 1.48. The van der Waals surface area contributed by atoms with Crippen LogP contribution in [0.3, 0.4) is 0 Å². The molecule has 5 heteroatoms. The second-order valence-corrected chi connectivity index (χ2v) is 5.19. The van der Waals surface area contributed by atoms with E-state index in [9.17, 15) is 9.18 Å². The number of nitrogens with zero attached hydrogens (tertiary/aromatic N) is 1. The Hall–Kier alpha value is -1.26. The van der Waals surface area contributed by atoms with E-state index in [4.69, 9.17) is 11.6 Å². The zero-order chi connectivity index (χ0) is 12.4. The molecule has 0 atom stereocenters. The van der Waals surface area contributed by atoms with Crippen LogP contribution in [0.25, 0.3) is 0 Å². The summed E-state index contributed by atoms with van der Waals surface area (Å²) in [6, 6.07) is 4.39. The first-order valence-electron chi connectivity index (χ1n) is 4.96. The highest BCUT2D eigenvalue weighted by atomic mass is 35.5. The molecule has 0 radical (unpaired) electrons. The summed E-state index contributed by atoms with van der Waals surface area (Å²) in [6.45, 7) is 1.82. The van der Waals surface area contributed by atoms with Gasteiger partial charge in [0.25, 0.3) is 0 Å². The topological polar surface area (TPSA) is 30.0 Å². The summed E-state index contributed by atoms with van der Waals surface area (Å²) >= 11 is 7.16. The minimum absolute atomic E-state index is 0.0346. The van der Waals surface area contributed by atoms with Gasteiger partial charge in [0.2, 0.25) is 0 Å². The molecule has 88 valence electrons. The zero-order valence-corrected chi connectivity index (χ0v) is 10.6. The van der Waals surface area contributed by atoms with Crippen molar-refractivity contribution in [3.8, 4) is 0 Å². The molecule has 0 aliphatic heterocycles. The molecule has 17 heavy (non-hydrogen) atoms. The lowest BCUT2D eigenvalue weighted by Crippen LogP contribution is -2.04. The molecule has 0 fully saturated rings. The maximum Gasteiger partial charge on any atom is 0.178 e. The summed E-state index contributed by atoms with van der Waals surface area (Å²) in [5.74, 6) is -0.616. The Labute approximate surface area is 107 Å². The van der Waals surface area contributed by atoms with Crippen LogP contribution >= 0.6 is 22.9 Å². The van der Waals surface area contributed by atoms with Gasteiger partial charge in [-0.25, -0.2) is 9.37 Å². The van der Waals surface area contributed by atoms with E-state index in [1.165, 1.54) is 29.7 Å². The minimum atomic E-state index is -0.452. The molecule has 0 aliphatic rings. The molecule has 0 bridgehead atoms. The summed E-state index contributed by atoms with van der Waals surface area (Å²) in [5.41, 5.74) is 0.241. The predicted molar refractivity (Wildman–Crippen MR) is 66.3 cm³/mol. The third kappa shape index (κ3) is 2.70. The zero-order valence-electron chi connectivity index (χ0n) is 9.04. The number of aryl methyl sites for hydroxylation is 1. The molecular formula is C12H9ClFNOS. The Morgan fingerprint density at radius 3 is 2.88 bits per heavy atom. The Morgan fingerprint density at radius 1 is 1.53 bits per heavy atom. The van der Waals surface area contributed by atoms with Crippen LogP contribution in [0.1, 0.15) is 20.2 Å². The molecule has 0 amide bonds. The second kappa shape index (κ2) is 4.94. The Bertz CT molecular complexity index is 547. The fraction of sp³-hybridized carbons (Fsp3) is 0.167. The van der Waals surface area contributed by atoms with Crippen LogP contribution in [0.15, 0.2) is 24.4 Å². The minimum Gasteiger partial charge on any atom is -0.293 e. The van der Waals surface area contributed by atoms with E-state index in [0.717, 1.165) is 5.01 Å². The third-order valence-corrected chi connectivity index (χ3v) is 3.60. The van der Waals surface area contributed by atoms with Crippen molar-refractivity contribution in [2.45, 2.75) is 13.3 Å². The molecule has 0 N–H and O–H groups in total. The molecule has 1 aromatic carbocycles. The monoisotopic (exact) mass is 269 g/mol. The van der Waals surface area contributed by atoms with Gasteiger partial charge in [0.15, 0.2) is 5.78 Å². The van der Waals surface area contributed by atoms with Gasteiger partial charge in [0.05, 0.1) is 9.88 Å². The highest BCUT2D eigenvalue weighted by Gasteiger charge is 2.15. The van der Waals surface area contributed by atoms with Gasteiger partial charge >= 0.3 is 0 Å². The number of hydrogen-bond donors (Lipinski definition) is 0. The highest BCUT2D eigenvalue weighted by molar-refractivity contribution is 7.13. The van der Waals surface area contributed by atoms with Crippen molar-refractivity contribution in [3.05, 3.63) is 50.7 Å². The molecule has 1 aromatic heterocycles. The quantitative estimate of drug-likeness (QED) is 0.796. The summed E-state index contributed by atoms with van der Waals surface area (Å²) < 4.78 is 13.5. The first-order chi connectivity index (χ1) is 8.08. The van der Waals surface area contributed by atoms with E-state index in [1.54, 1.807) is 6.07 Å². The van der Waals surface area contributed by atoms with Crippen LogP contribution in [0.5, 0.6) is 0 Å². The molecule has 2 nitrogen and oxygen atoms in total. The molecule has 2 rings (SSSR count). The molecular weight excluding hydrogens is 261 g/mol. The van der Waals surface area contributed by atoms with E-state index in [0.29, 0.717) is 4.88 Å². The van der Waals surface area contributed by atoms with Gasteiger partial charge in [-0.3, -0.25) is 4.79 Å². The molecule has 2 aromatic rings. The van der Waals surface area contributed by atoms with Gasteiger partial charge < -0.3 is 0 Å². The Kier molecular flexibility index (Phi) is 3.54. The average Bonchev–Trinajstić information content (AvgIpc) is 2.70. The van der Waals surface area contributed by atoms with Crippen molar-refractivity contribution < 1.29 is 9.18 Å². The fourth-order valence-electron chi connectivity index (χ4n) is 1.44. The lowest BCUT2D eigenvalue weighted by atomic mass is 10.1. The fourth-order valence-corrected chi connectivity index (χ4v) is 2.38. The van der Waals surface area contributed by atoms with Gasteiger partial charge in [-0.1, -0.05) is 17.7 Å².